The van der Waals surface area contributed by atoms with Gasteiger partial charge in [-0.3, -0.25) is 4.98 Å². The number of halogens is 3. The molecule has 2 aromatic rings. The molecule has 2 rings (SSSR count). The van der Waals surface area contributed by atoms with Crippen molar-refractivity contribution in [1.82, 2.24) is 4.98 Å². The third-order valence-corrected chi connectivity index (χ3v) is 9.00. The van der Waals surface area contributed by atoms with Crippen molar-refractivity contribution < 1.29 is 35.8 Å². The Morgan fingerprint density at radius 1 is 0.638 bits per heavy atom. The highest BCUT2D eigenvalue weighted by Crippen LogP contribution is 2.20. The lowest BCUT2D eigenvalue weighted by Crippen LogP contribution is -2.33. The molecule has 0 aromatic carbocycles. The zero-order valence-electron chi connectivity index (χ0n) is 28.6. The van der Waals surface area contributed by atoms with Gasteiger partial charge in [-0.25, -0.2) is 13.0 Å². The third kappa shape index (κ3) is 25.6. The Bertz CT molecular complexity index is 1100. The van der Waals surface area contributed by atoms with Crippen molar-refractivity contribution in [3.05, 3.63) is 60.2 Å². The first-order valence-corrected chi connectivity index (χ1v) is 19.5. The number of unbranched alkanes of at least 4 members (excludes halogenated alkanes) is 20. The molecule has 47 heavy (non-hydrogen) atoms. The molecule has 0 bridgehead atoms. The van der Waals surface area contributed by atoms with Gasteiger partial charge in [-0.15, -0.1) is 0 Å². The maximum atomic E-state index is 10.7. The molecule has 6 nitrogen and oxygen atoms in total. The van der Waals surface area contributed by atoms with Crippen LogP contribution in [0.1, 0.15) is 152 Å². The van der Waals surface area contributed by atoms with Crippen molar-refractivity contribution >= 4 is 10.1 Å². The summed E-state index contributed by atoms with van der Waals surface area (Å²) in [5.74, 6) is 0. The van der Waals surface area contributed by atoms with Crippen LogP contribution in [0.3, 0.4) is 0 Å². The largest absolute Gasteiger partial charge is 0.741 e. The number of alkyl halides is 3. The second kappa shape index (κ2) is 27.9. The monoisotopic (exact) mass is 686 g/mol. The summed E-state index contributed by atoms with van der Waals surface area (Å²) in [6, 6.07) is 8.80. The van der Waals surface area contributed by atoms with Gasteiger partial charge < -0.3 is 9.66 Å². The third-order valence-electron chi connectivity index (χ3n) is 8.43. The number of rotatable bonds is 27. The predicted molar refractivity (Wildman–Crippen MR) is 183 cm³/mol. The number of aromatic nitrogens is 2. The van der Waals surface area contributed by atoms with E-state index in [0.717, 1.165) is 6.42 Å². The van der Waals surface area contributed by atoms with E-state index in [1.165, 1.54) is 165 Å². The highest BCUT2D eigenvalue weighted by molar-refractivity contribution is 7.86. The van der Waals surface area contributed by atoms with E-state index in [1.54, 1.807) is 0 Å². The van der Waals surface area contributed by atoms with Crippen molar-refractivity contribution in [3.8, 4) is 0 Å². The number of aryl methyl sites for hydroxylation is 3. The van der Waals surface area contributed by atoms with Gasteiger partial charge in [-0.1, -0.05) is 115 Å². The second-order valence-corrected chi connectivity index (χ2v) is 14.1. The number of nitrogens with zero attached hydrogens (tertiary/aromatic N) is 2. The van der Waals surface area contributed by atoms with Crippen LogP contribution in [0.15, 0.2) is 49.1 Å². The van der Waals surface area contributed by atoms with E-state index >= 15 is 0 Å². The Morgan fingerprint density at radius 2 is 1.04 bits per heavy atom. The summed E-state index contributed by atoms with van der Waals surface area (Å²) >= 11 is 0. The highest BCUT2D eigenvalue weighted by Gasteiger charge is 2.36. The van der Waals surface area contributed by atoms with Gasteiger partial charge in [0.15, 0.2) is 22.5 Å². The van der Waals surface area contributed by atoms with Crippen molar-refractivity contribution in [3.63, 3.8) is 0 Å². The first-order chi connectivity index (χ1) is 22.6. The maximum Gasteiger partial charge on any atom is 0.485 e. The minimum Gasteiger partial charge on any atom is -0.741 e. The quantitative estimate of drug-likeness (QED) is 0.0437. The van der Waals surface area contributed by atoms with Crippen LogP contribution in [-0.2, 0) is 29.5 Å². The van der Waals surface area contributed by atoms with E-state index < -0.39 is 15.6 Å². The molecular weight excluding hydrogens is 625 g/mol. The Kier molecular flexibility index (Phi) is 25.5. The van der Waals surface area contributed by atoms with E-state index in [4.69, 9.17) is 18.1 Å². The van der Waals surface area contributed by atoms with Crippen LogP contribution < -0.4 is 4.57 Å². The molecule has 0 amide bonds. The number of hydrogen-bond donors (Lipinski definition) is 1. The summed E-state index contributed by atoms with van der Waals surface area (Å²) < 4.78 is 61.3. The molecule has 10 heteroatoms. The minimum absolute atomic E-state index is 0.360. The molecule has 1 N–H and O–H groups in total. The van der Waals surface area contributed by atoms with Crippen LogP contribution in [0.25, 0.3) is 0 Å². The molecule has 2 aromatic heterocycles. The van der Waals surface area contributed by atoms with E-state index in [-0.39, 0.29) is 0 Å². The fourth-order valence-corrected chi connectivity index (χ4v) is 5.66. The fraction of sp³-hybridized carbons (Fsp3) is 0.730. The van der Waals surface area contributed by atoms with E-state index in [9.17, 15) is 13.2 Å². The van der Waals surface area contributed by atoms with Gasteiger partial charge in [-0.2, -0.15) is 13.2 Å². The molecule has 0 spiro atoms. The van der Waals surface area contributed by atoms with Crippen LogP contribution in [0.4, 0.5) is 13.2 Å². The molecule has 0 saturated heterocycles. The summed E-state index contributed by atoms with van der Waals surface area (Å²) in [6.45, 7) is 1.53. The summed E-state index contributed by atoms with van der Waals surface area (Å²) in [4.78, 5) is 4.20. The molecule has 2 heterocycles. The average molecular weight is 687 g/mol. The molecule has 0 aliphatic rings. The van der Waals surface area contributed by atoms with E-state index in [0.29, 0.717) is 6.61 Å². The highest BCUT2D eigenvalue weighted by atomic mass is 32.2. The number of aliphatic hydroxyl groups is 1. The summed E-state index contributed by atoms with van der Waals surface area (Å²) in [5, 5.41) is 8.81. The Hall–Kier alpha value is -2.04. The smallest absolute Gasteiger partial charge is 0.485 e. The van der Waals surface area contributed by atoms with E-state index in [1.807, 2.05) is 18.5 Å². The SMILES string of the molecule is O=S(=O)([O-])C(F)(F)F.OCCCCCCCCCCCCCc1ccc[n+](CCCCCCCCCCCCCc2cccnc2)c1. The first-order valence-electron chi connectivity index (χ1n) is 18.1. The summed E-state index contributed by atoms with van der Waals surface area (Å²) in [7, 11) is -6.09. The normalized spacial score (nSPS) is 11.8. The van der Waals surface area contributed by atoms with Crippen LogP contribution in [0.2, 0.25) is 0 Å². The number of pyridine rings is 2. The molecule has 0 aliphatic heterocycles. The minimum atomic E-state index is -6.09. The fourth-order valence-electron chi connectivity index (χ4n) is 5.66. The number of hydrogen-bond acceptors (Lipinski definition) is 5. The topological polar surface area (TPSA) is 94.2 Å². The van der Waals surface area contributed by atoms with Gasteiger partial charge >= 0.3 is 5.51 Å². The summed E-state index contributed by atoms with van der Waals surface area (Å²) in [6.07, 6.45) is 40.7. The number of aliphatic hydroxyl groups excluding tert-OH is 1. The van der Waals surface area contributed by atoms with Crippen LogP contribution in [0.5, 0.6) is 0 Å². The predicted octanol–water partition coefficient (Wildman–Crippen LogP) is 9.78. The van der Waals surface area contributed by atoms with Gasteiger partial charge in [0, 0.05) is 37.1 Å². The molecule has 0 unspecified atom stereocenters. The van der Waals surface area contributed by atoms with Gasteiger partial charge in [0.05, 0.1) is 0 Å². The molecule has 0 atom stereocenters. The molecule has 0 fully saturated rings. The van der Waals surface area contributed by atoms with Gasteiger partial charge in [0.25, 0.3) is 0 Å². The molecule has 0 radical (unpaired) electrons. The van der Waals surface area contributed by atoms with E-state index in [2.05, 4.69) is 40.1 Å². The Balaban J connectivity index is 0.00000122. The summed E-state index contributed by atoms with van der Waals surface area (Å²) in [5.41, 5.74) is -2.75. The maximum absolute atomic E-state index is 10.7. The lowest BCUT2D eigenvalue weighted by molar-refractivity contribution is -0.697. The molecule has 0 saturated carbocycles. The Morgan fingerprint density at radius 3 is 1.47 bits per heavy atom. The zero-order chi connectivity index (χ0) is 34.5. The van der Waals surface area contributed by atoms with Crippen molar-refractivity contribution in [2.45, 2.75) is 166 Å². The average Bonchev–Trinajstić information content (AvgIpc) is 3.04. The van der Waals surface area contributed by atoms with Gasteiger partial charge in [-0.05, 0) is 56.2 Å². The van der Waals surface area contributed by atoms with Crippen LogP contribution >= 0.6 is 0 Å². The lowest BCUT2D eigenvalue weighted by Gasteiger charge is -2.08. The van der Waals surface area contributed by atoms with Crippen molar-refractivity contribution in [2.75, 3.05) is 6.61 Å². The van der Waals surface area contributed by atoms with Crippen LogP contribution in [-0.4, -0.2) is 35.2 Å². The Labute approximate surface area is 283 Å². The lowest BCUT2D eigenvalue weighted by atomic mass is 10.0. The van der Waals surface area contributed by atoms with Crippen molar-refractivity contribution in [2.24, 2.45) is 0 Å². The second-order valence-electron chi connectivity index (χ2n) is 12.7. The van der Waals surface area contributed by atoms with Crippen LogP contribution in [0, 0.1) is 0 Å². The van der Waals surface area contributed by atoms with Gasteiger partial charge in [0.2, 0.25) is 0 Å². The molecule has 0 aliphatic carbocycles. The zero-order valence-corrected chi connectivity index (χ0v) is 29.4. The van der Waals surface area contributed by atoms with Gasteiger partial charge in [0.1, 0.15) is 6.54 Å². The molecule has 270 valence electrons. The molecular formula is C37H61F3N2O4S. The standard InChI is InChI=1S/C36H61N2O.CHF3O3S/c39-32-22-18-14-10-6-2-4-8-12-16-20-26-36-28-24-31-38(34-36)30-21-17-13-9-5-1-3-7-11-15-19-25-35-27-23-29-37-33-35;2-1(3,4)8(5,6)7/h23-24,27-29,31,33-34,39H,1-22,25-26,30,32H2;(H,5,6,7)/q+1;/p-1. The van der Waals surface area contributed by atoms with Crippen molar-refractivity contribution in [1.29, 1.82) is 0 Å². The first kappa shape index (κ1) is 43.0.